The molecule has 1 atom stereocenters. The summed E-state index contributed by atoms with van der Waals surface area (Å²) in [5.74, 6) is 0. The topological polar surface area (TPSA) is 15.7 Å². The van der Waals surface area contributed by atoms with E-state index in [0.717, 1.165) is 39.2 Å². The number of rotatable bonds is 5. The van der Waals surface area contributed by atoms with Crippen LogP contribution in [0, 0.1) is 0 Å². The summed E-state index contributed by atoms with van der Waals surface area (Å²) in [4.78, 5) is 6.51. The van der Waals surface area contributed by atoms with Gasteiger partial charge in [-0.2, -0.15) is 0 Å². The molecule has 0 aromatic heterocycles. The van der Waals surface area contributed by atoms with Crippen LogP contribution in [0.15, 0.2) is 29.2 Å². The van der Waals surface area contributed by atoms with Gasteiger partial charge in [0.25, 0.3) is 0 Å². The number of thioether (sulfide) groups is 1. The molecule has 0 bridgehead atoms. The van der Waals surface area contributed by atoms with Gasteiger partial charge in [-0.05, 0) is 56.3 Å². The molecule has 0 amide bonds. The Morgan fingerprint density at radius 1 is 1.14 bits per heavy atom. The van der Waals surface area contributed by atoms with Gasteiger partial charge in [-0.15, -0.1) is 11.8 Å². The zero-order valence-corrected chi connectivity index (χ0v) is 14.5. The molecule has 22 heavy (non-hydrogen) atoms. The fourth-order valence-electron chi connectivity index (χ4n) is 3.51. The van der Waals surface area contributed by atoms with E-state index in [9.17, 15) is 0 Å². The van der Waals surface area contributed by atoms with E-state index in [1.165, 1.54) is 36.4 Å². The zero-order valence-electron chi connectivity index (χ0n) is 13.7. The van der Waals surface area contributed by atoms with Crippen molar-refractivity contribution < 1.29 is 4.74 Å². The molecule has 0 aliphatic carbocycles. The lowest BCUT2D eigenvalue weighted by molar-refractivity contribution is 0.0308. The van der Waals surface area contributed by atoms with Gasteiger partial charge in [0.15, 0.2) is 0 Å². The van der Waals surface area contributed by atoms with Crippen molar-refractivity contribution in [2.75, 3.05) is 45.6 Å². The maximum Gasteiger partial charge on any atom is 0.0828 e. The number of benzene rings is 1. The molecule has 1 aromatic rings. The van der Waals surface area contributed by atoms with Crippen LogP contribution in [0.1, 0.15) is 24.8 Å². The van der Waals surface area contributed by atoms with Crippen LogP contribution in [-0.2, 0) is 11.3 Å². The molecule has 3 rings (SSSR count). The highest BCUT2D eigenvalue weighted by atomic mass is 32.2. The first-order valence-corrected chi connectivity index (χ1v) is 9.75. The minimum Gasteiger partial charge on any atom is -0.376 e. The van der Waals surface area contributed by atoms with E-state index < -0.39 is 0 Å². The molecule has 0 radical (unpaired) electrons. The molecule has 0 N–H and O–H groups in total. The van der Waals surface area contributed by atoms with Gasteiger partial charge in [-0.3, -0.25) is 4.90 Å². The Morgan fingerprint density at radius 3 is 2.77 bits per heavy atom. The van der Waals surface area contributed by atoms with Crippen LogP contribution in [-0.4, -0.2) is 61.5 Å². The third kappa shape index (κ3) is 4.72. The minimum absolute atomic E-state index is 0.379. The predicted molar refractivity (Wildman–Crippen MR) is 93.5 cm³/mol. The van der Waals surface area contributed by atoms with E-state index in [1.807, 2.05) is 11.8 Å². The highest BCUT2D eigenvalue weighted by molar-refractivity contribution is 7.98. The van der Waals surface area contributed by atoms with E-state index in [4.69, 9.17) is 4.74 Å². The second-order valence-corrected chi connectivity index (χ2v) is 7.32. The van der Waals surface area contributed by atoms with Crippen molar-refractivity contribution in [3.05, 3.63) is 29.8 Å². The summed E-state index contributed by atoms with van der Waals surface area (Å²) in [5, 5.41) is 0. The lowest BCUT2D eigenvalue weighted by atomic mass is 10.2. The smallest absolute Gasteiger partial charge is 0.0828 e. The quantitative estimate of drug-likeness (QED) is 0.774. The molecule has 0 saturated carbocycles. The summed E-state index contributed by atoms with van der Waals surface area (Å²) < 4.78 is 6.09. The zero-order chi connectivity index (χ0) is 15.2. The summed E-state index contributed by atoms with van der Waals surface area (Å²) >= 11 is 1.82. The fraction of sp³-hybridized carbons (Fsp3) is 0.667. The number of likely N-dealkylation sites (tertiary alicyclic amines) is 1. The van der Waals surface area contributed by atoms with E-state index in [2.05, 4.69) is 40.3 Å². The van der Waals surface area contributed by atoms with Crippen LogP contribution in [0.4, 0.5) is 0 Å². The molecular weight excluding hydrogens is 292 g/mol. The van der Waals surface area contributed by atoms with Crippen molar-refractivity contribution in [2.45, 2.75) is 36.8 Å². The third-order valence-electron chi connectivity index (χ3n) is 4.63. The predicted octanol–water partition coefficient (Wildman–Crippen LogP) is 3.10. The molecule has 0 spiro atoms. The van der Waals surface area contributed by atoms with E-state index in [0.29, 0.717) is 6.10 Å². The Morgan fingerprint density at radius 2 is 1.95 bits per heavy atom. The number of nitrogens with zero attached hydrogens (tertiary/aromatic N) is 2. The van der Waals surface area contributed by atoms with Crippen molar-refractivity contribution in [3.63, 3.8) is 0 Å². The second-order valence-electron chi connectivity index (χ2n) is 6.44. The van der Waals surface area contributed by atoms with Crippen molar-refractivity contribution in [2.24, 2.45) is 0 Å². The van der Waals surface area contributed by atoms with Gasteiger partial charge in [-0.25, -0.2) is 0 Å². The van der Waals surface area contributed by atoms with Crippen LogP contribution >= 0.6 is 11.8 Å². The first-order valence-electron chi connectivity index (χ1n) is 8.53. The molecule has 2 fully saturated rings. The van der Waals surface area contributed by atoms with Gasteiger partial charge in [0.2, 0.25) is 0 Å². The Kier molecular flexibility index (Phi) is 6.19. The van der Waals surface area contributed by atoms with E-state index in [-0.39, 0.29) is 0 Å². The Balaban J connectivity index is 1.57. The van der Waals surface area contributed by atoms with Crippen molar-refractivity contribution in [1.82, 2.24) is 9.80 Å². The molecule has 2 heterocycles. The van der Waals surface area contributed by atoms with Crippen LogP contribution in [0.3, 0.4) is 0 Å². The van der Waals surface area contributed by atoms with E-state index >= 15 is 0 Å². The molecule has 1 aromatic carbocycles. The Bertz CT molecular complexity index is 462. The summed E-state index contributed by atoms with van der Waals surface area (Å²) in [7, 11) is 0. The average Bonchev–Trinajstić information content (AvgIpc) is 2.94. The largest absolute Gasteiger partial charge is 0.376 e. The van der Waals surface area contributed by atoms with Gasteiger partial charge in [-0.1, -0.05) is 12.1 Å². The molecule has 2 aliphatic rings. The molecule has 4 heteroatoms. The first kappa shape index (κ1) is 16.3. The maximum atomic E-state index is 6.09. The van der Waals surface area contributed by atoms with Gasteiger partial charge in [0, 0.05) is 37.7 Å². The van der Waals surface area contributed by atoms with Crippen LogP contribution in [0.2, 0.25) is 0 Å². The number of hydrogen-bond donors (Lipinski definition) is 0. The lowest BCUT2D eigenvalue weighted by Crippen LogP contribution is -2.39. The highest BCUT2D eigenvalue weighted by Crippen LogP contribution is 2.19. The molecule has 2 saturated heterocycles. The number of ether oxygens (including phenoxy) is 1. The first-order chi connectivity index (χ1) is 10.8. The minimum atomic E-state index is 0.379. The molecule has 122 valence electrons. The van der Waals surface area contributed by atoms with Gasteiger partial charge >= 0.3 is 0 Å². The summed E-state index contributed by atoms with van der Waals surface area (Å²) in [6.45, 7) is 7.82. The maximum absolute atomic E-state index is 6.09. The molecule has 0 unspecified atom stereocenters. The SMILES string of the molecule is CSc1cccc(CN2CCCO[C@@H](CN3CCCC3)C2)c1. The van der Waals surface area contributed by atoms with Crippen molar-refractivity contribution in [1.29, 1.82) is 0 Å². The molecule has 3 nitrogen and oxygen atoms in total. The fourth-order valence-corrected chi connectivity index (χ4v) is 3.99. The molecule has 2 aliphatic heterocycles. The van der Waals surface area contributed by atoms with E-state index in [1.54, 1.807) is 0 Å². The van der Waals surface area contributed by atoms with Crippen LogP contribution < -0.4 is 0 Å². The van der Waals surface area contributed by atoms with Crippen LogP contribution in [0.5, 0.6) is 0 Å². The standard InChI is InChI=1S/C18H28N2OS/c1-22-18-7-4-6-16(12-18)13-20-10-5-11-21-17(15-20)14-19-8-2-3-9-19/h4,6-7,12,17H,2-3,5,8-11,13-15H2,1H3/t17-/m0/s1. The summed E-state index contributed by atoms with van der Waals surface area (Å²) in [5.41, 5.74) is 1.42. The summed E-state index contributed by atoms with van der Waals surface area (Å²) in [6.07, 6.45) is 6.39. The van der Waals surface area contributed by atoms with Crippen molar-refractivity contribution in [3.8, 4) is 0 Å². The average molecular weight is 321 g/mol. The third-order valence-corrected chi connectivity index (χ3v) is 5.36. The normalized spacial score (nSPS) is 24.5. The van der Waals surface area contributed by atoms with Gasteiger partial charge in [0.1, 0.15) is 0 Å². The van der Waals surface area contributed by atoms with Gasteiger partial charge < -0.3 is 9.64 Å². The summed E-state index contributed by atoms with van der Waals surface area (Å²) in [6, 6.07) is 8.94. The van der Waals surface area contributed by atoms with Gasteiger partial charge in [0.05, 0.1) is 6.10 Å². The second kappa shape index (κ2) is 8.34. The molecular formula is C18H28N2OS. The van der Waals surface area contributed by atoms with Crippen molar-refractivity contribution >= 4 is 11.8 Å². The Labute approximate surface area is 139 Å². The highest BCUT2D eigenvalue weighted by Gasteiger charge is 2.22. The number of hydrogen-bond acceptors (Lipinski definition) is 4. The monoisotopic (exact) mass is 320 g/mol. The lowest BCUT2D eigenvalue weighted by Gasteiger charge is -2.27. The Hall–Kier alpha value is -0.550. The van der Waals surface area contributed by atoms with Crippen LogP contribution in [0.25, 0.3) is 0 Å².